The van der Waals surface area contributed by atoms with Gasteiger partial charge in [0.15, 0.2) is 0 Å². The number of hydrogen-bond acceptors (Lipinski definition) is 3. The van der Waals surface area contributed by atoms with Crippen molar-refractivity contribution in [1.82, 2.24) is 0 Å². The van der Waals surface area contributed by atoms with Gasteiger partial charge < -0.3 is 14.7 Å². The van der Waals surface area contributed by atoms with Crippen LogP contribution in [0, 0.1) is 0 Å². The predicted molar refractivity (Wildman–Crippen MR) is 99.7 cm³/mol. The number of benzene rings is 2. The van der Waals surface area contributed by atoms with E-state index < -0.39 is 5.97 Å². The smallest absolute Gasteiger partial charge is 0.335 e. The van der Waals surface area contributed by atoms with E-state index in [1.165, 1.54) is 11.1 Å². The third kappa shape index (κ3) is 3.02. The summed E-state index contributed by atoms with van der Waals surface area (Å²) in [6, 6.07) is 13.4. The van der Waals surface area contributed by atoms with Gasteiger partial charge in [0.25, 0.3) is 0 Å². The first-order chi connectivity index (χ1) is 11.7. The highest BCUT2D eigenvalue weighted by Crippen LogP contribution is 2.48. The highest BCUT2D eigenvalue weighted by Gasteiger charge is 2.43. The maximum absolute atomic E-state index is 11.1. The molecule has 25 heavy (non-hydrogen) atoms. The zero-order valence-electron chi connectivity index (χ0n) is 15.5. The minimum absolute atomic E-state index is 0.294. The van der Waals surface area contributed by atoms with Crippen LogP contribution in [0.3, 0.4) is 0 Å². The van der Waals surface area contributed by atoms with E-state index in [0.29, 0.717) is 5.56 Å². The number of rotatable bonds is 4. The largest absolute Gasteiger partial charge is 0.478 e. The molecular weight excluding hydrogens is 314 g/mol. The second kappa shape index (κ2) is 5.88. The van der Waals surface area contributed by atoms with Gasteiger partial charge in [-0.25, -0.2) is 4.79 Å². The van der Waals surface area contributed by atoms with Crippen molar-refractivity contribution in [2.75, 3.05) is 11.4 Å². The fourth-order valence-corrected chi connectivity index (χ4v) is 3.77. The van der Waals surface area contributed by atoms with Crippen molar-refractivity contribution in [3.05, 3.63) is 59.2 Å². The fourth-order valence-electron chi connectivity index (χ4n) is 3.77. The van der Waals surface area contributed by atoms with Gasteiger partial charge in [0, 0.05) is 17.9 Å². The number of carbonyl (C=O) groups is 1. The summed E-state index contributed by atoms with van der Waals surface area (Å²) >= 11 is 0. The lowest BCUT2D eigenvalue weighted by Gasteiger charge is -2.26. The maximum atomic E-state index is 11.1. The molecule has 0 atom stereocenters. The standard InChI is InChI=1S/C21H25NO3/c1-6-22(15-9-7-14(8-10-15)19(23)24)16-11-12-17-18(13-16)21(4,5)25-20(17,2)3/h7-13H,6H2,1-5H3,(H,23,24). The van der Waals surface area contributed by atoms with Crippen molar-refractivity contribution in [2.45, 2.75) is 45.8 Å². The molecule has 0 aliphatic carbocycles. The molecule has 0 saturated carbocycles. The molecule has 0 unspecified atom stereocenters. The minimum atomic E-state index is -0.909. The number of anilines is 2. The summed E-state index contributed by atoms with van der Waals surface area (Å²) in [5, 5.41) is 9.07. The molecule has 1 N–H and O–H groups in total. The zero-order chi connectivity index (χ0) is 18.4. The quantitative estimate of drug-likeness (QED) is 0.847. The van der Waals surface area contributed by atoms with Gasteiger partial charge in [-0.2, -0.15) is 0 Å². The molecule has 0 aromatic heterocycles. The molecule has 1 heterocycles. The lowest BCUT2D eigenvalue weighted by Crippen LogP contribution is -2.22. The van der Waals surface area contributed by atoms with Gasteiger partial charge in [-0.3, -0.25) is 0 Å². The molecular formula is C21H25NO3. The number of nitrogens with zero attached hydrogens (tertiary/aromatic N) is 1. The van der Waals surface area contributed by atoms with Gasteiger partial charge in [-0.05, 0) is 82.1 Å². The summed E-state index contributed by atoms with van der Waals surface area (Å²) < 4.78 is 6.24. The first-order valence-corrected chi connectivity index (χ1v) is 8.62. The first kappa shape index (κ1) is 17.5. The Bertz CT molecular complexity index is 806. The van der Waals surface area contributed by atoms with Gasteiger partial charge in [-0.15, -0.1) is 0 Å². The fraction of sp³-hybridized carbons (Fsp3) is 0.381. The van der Waals surface area contributed by atoms with Gasteiger partial charge in [0.1, 0.15) is 0 Å². The molecule has 0 amide bonds. The van der Waals surface area contributed by atoms with Crippen LogP contribution in [-0.2, 0) is 15.9 Å². The summed E-state index contributed by atoms with van der Waals surface area (Å²) in [6.45, 7) is 11.3. The SMILES string of the molecule is CCN(c1ccc(C(=O)O)cc1)c1ccc2c(c1)C(C)(C)OC2(C)C. The van der Waals surface area contributed by atoms with Gasteiger partial charge >= 0.3 is 5.97 Å². The molecule has 1 aliphatic rings. The molecule has 4 nitrogen and oxygen atoms in total. The van der Waals surface area contributed by atoms with Crippen LogP contribution in [0.5, 0.6) is 0 Å². The van der Waals surface area contributed by atoms with Crippen LogP contribution in [0.1, 0.15) is 56.1 Å². The van der Waals surface area contributed by atoms with Crippen molar-refractivity contribution in [3.63, 3.8) is 0 Å². The van der Waals surface area contributed by atoms with Crippen molar-refractivity contribution < 1.29 is 14.6 Å². The molecule has 1 aliphatic heterocycles. The monoisotopic (exact) mass is 339 g/mol. The maximum Gasteiger partial charge on any atom is 0.335 e. The topological polar surface area (TPSA) is 49.8 Å². The lowest BCUT2D eigenvalue weighted by atomic mass is 9.90. The summed E-state index contributed by atoms with van der Waals surface area (Å²) in [7, 11) is 0. The van der Waals surface area contributed by atoms with Crippen molar-refractivity contribution >= 4 is 17.3 Å². The van der Waals surface area contributed by atoms with E-state index in [1.807, 2.05) is 12.1 Å². The van der Waals surface area contributed by atoms with Crippen LogP contribution in [0.4, 0.5) is 11.4 Å². The Morgan fingerprint density at radius 2 is 1.52 bits per heavy atom. The number of ether oxygens (including phenoxy) is 1. The van der Waals surface area contributed by atoms with E-state index in [1.54, 1.807) is 12.1 Å². The van der Waals surface area contributed by atoms with Gasteiger partial charge in [-0.1, -0.05) is 6.07 Å². The second-order valence-corrected chi connectivity index (χ2v) is 7.45. The van der Waals surface area contributed by atoms with Crippen LogP contribution in [-0.4, -0.2) is 17.6 Å². The highest BCUT2D eigenvalue weighted by molar-refractivity contribution is 5.88. The number of aromatic carboxylic acids is 1. The molecule has 2 aromatic carbocycles. The van der Waals surface area contributed by atoms with Crippen LogP contribution in [0.25, 0.3) is 0 Å². The number of carboxylic acids is 1. The number of hydrogen-bond donors (Lipinski definition) is 1. The third-order valence-corrected chi connectivity index (χ3v) is 4.86. The molecule has 4 heteroatoms. The Morgan fingerprint density at radius 1 is 0.960 bits per heavy atom. The lowest BCUT2D eigenvalue weighted by molar-refractivity contribution is -0.105. The molecule has 0 spiro atoms. The Morgan fingerprint density at radius 3 is 2.08 bits per heavy atom. The highest BCUT2D eigenvalue weighted by atomic mass is 16.5. The molecule has 0 saturated heterocycles. The van der Waals surface area contributed by atoms with Crippen LogP contribution in [0.15, 0.2) is 42.5 Å². The molecule has 0 radical (unpaired) electrons. The van der Waals surface area contributed by atoms with E-state index in [2.05, 4.69) is 57.7 Å². The third-order valence-electron chi connectivity index (χ3n) is 4.86. The molecule has 3 rings (SSSR count). The average molecular weight is 339 g/mol. The summed E-state index contributed by atoms with van der Waals surface area (Å²) in [4.78, 5) is 13.2. The Hall–Kier alpha value is -2.33. The van der Waals surface area contributed by atoms with Crippen molar-refractivity contribution in [2.24, 2.45) is 0 Å². The van der Waals surface area contributed by atoms with Gasteiger partial charge in [0.2, 0.25) is 0 Å². The first-order valence-electron chi connectivity index (χ1n) is 8.62. The molecule has 0 bridgehead atoms. The normalized spacial score (nSPS) is 17.2. The number of fused-ring (bicyclic) bond motifs is 1. The minimum Gasteiger partial charge on any atom is -0.478 e. The van der Waals surface area contributed by atoms with Crippen LogP contribution >= 0.6 is 0 Å². The Labute approximate surface area is 149 Å². The van der Waals surface area contributed by atoms with E-state index in [9.17, 15) is 4.79 Å². The van der Waals surface area contributed by atoms with E-state index in [-0.39, 0.29) is 11.2 Å². The average Bonchev–Trinajstić information content (AvgIpc) is 2.73. The second-order valence-electron chi connectivity index (χ2n) is 7.45. The summed E-state index contributed by atoms with van der Waals surface area (Å²) in [6.07, 6.45) is 0. The van der Waals surface area contributed by atoms with E-state index in [0.717, 1.165) is 17.9 Å². The van der Waals surface area contributed by atoms with Crippen molar-refractivity contribution in [3.8, 4) is 0 Å². The number of carboxylic acid groups (broad SMARTS) is 1. The Kier molecular flexibility index (Phi) is 4.12. The zero-order valence-corrected chi connectivity index (χ0v) is 15.5. The predicted octanol–water partition coefficient (Wildman–Crippen LogP) is 5.04. The summed E-state index contributed by atoms with van der Waals surface area (Å²) in [5.41, 5.74) is 4.15. The van der Waals surface area contributed by atoms with Crippen molar-refractivity contribution in [1.29, 1.82) is 0 Å². The van der Waals surface area contributed by atoms with Gasteiger partial charge in [0.05, 0.1) is 16.8 Å². The van der Waals surface area contributed by atoms with Crippen LogP contribution in [0.2, 0.25) is 0 Å². The molecule has 0 fully saturated rings. The summed E-state index contributed by atoms with van der Waals surface area (Å²) in [5.74, 6) is -0.909. The van der Waals surface area contributed by atoms with E-state index in [4.69, 9.17) is 9.84 Å². The Balaban J connectivity index is 2.02. The molecule has 132 valence electrons. The molecule has 2 aromatic rings. The van der Waals surface area contributed by atoms with Crippen LogP contribution < -0.4 is 4.90 Å². The van der Waals surface area contributed by atoms with E-state index >= 15 is 0 Å².